The topological polar surface area (TPSA) is 93.0 Å². The number of aliphatic hydroxyl groups is 1. The van der Waals surface area contributed by atoms with E-state index < -0.39 is 11.0 Å². The standard InChI is InChI=1S/C29H44N2O4/c1-6-9-19-31(27(34)28(4,5)8-3)24-13-16-29(35,23(21-24)14-18-30-17-7-2)15-12-22-10-11-25(32)26(33)20-22/h6-8,10-11,20,23-24,30,32-33,35H,1-3,9,12-19,21H2,4-5H3. The molecule has 0 spiro atoms. The molecule has 3 unspecified atom stereocenters. The number of benzene rings is 1. The SMILES string of the molecule is C=CCCN(C(=O)C(C)(C)C=C)C1CCC(O)(CCc2ccc(O)c(O)c2)C(CCNCC=C)C1. The van der Waals surface area contributed by atoms with Gasteiger partial charge in [0.05, 0.1) is 11.0 Å². The van der Waals surface area contributed by atoms with Crippen LogP contribution in [-0.2, 0) is 11.2 Å². The van der Waals surface area contributed by atoms with Crippen molar-refractivity contribution in [1.29, 1.82) is 0 Å². The molecule has 1 fully saturated rings. The maximum absolute atomic E-state index is 13.4. The summed E-state index contributed by atoms with van der Waals surface area (Å²) in [6.07, 6.45) is 10.1. The minimum atomic E-state index is -0.874. The van der Waals surface area contributed by atoms with Crippen LogP contribution in [-0.4, -0.2) is 57.4 Å². The highest BCUT2D eigenvalue weighted by Gasteiger charge is 2.44. The van der Waals surface area contributed by atoms with E-state index >= 15 is 0 Å². The molecular weight excluding hydrogens is 440 g/mol. The Morgan fingerprint density at radius 3 is 2.60 bits per heavy atom. The summed E-state index contributed by atoms with van der Waals surface area (Å²) in [6.45, 7) is 17.3. The number of phenols is 2. The van der Waals surface area contributed by atoms with E-state index in [1.165, 1.54) is 6.07 Å². The van der Waals surface area contributed by atoms with Crippen molar-refractivity contribution < 1.29 is 20.1 Å². The first kappa shape index (κ1) is 28.7. The Labute approximate surface area is 211 Å². The van der Waals surface area contributed by atoms with Crippen LogP contribution in [0.2, 0.25) is 0 Å². The van der Waals surface area contributed by atoms with Crippen LogP contribution in [0.1, 0.15) is 57.9 Å². The summed E-state index contributed by atoms with van der Waals surface area (Å²) in [6, 6.07) is 4.85. The molecule has 0 aromatic heterocycles. The van der Waals surface area contributed by atoms with E-state index in [4.69, 9.17) is 0 Å². The van der Waals surface area contributed by atoms with Crippen molar-refractivity contribution in [2.75, 3.05) is 19.6 Å². The summed E-state index contributed by atoms with van der Waals surface area (Å²) in [5.41, 5.74) is -0.660. The number of nitrogens with zero attached hydrogens (tertiary/aromatic N) is 1. The number of rotatable bonds is 14. The molecule has 1 amide bonds. The van der Waals surface area contributed by atoms with Gasteiger partial charge in [-0.25, -0.2) is 0 Å². The van der Waals surface area contributed by atoms with E-state index in [1.54, 1.807) is 18.2 Å². The van der Waals surface area contributed by atoms with Gasteiger partial charge in [0.15, 0.2) is 11.5 Å². The van der Waals surface area contributed by atoms with Crippen molar-refractivity contribution >= 4 is 5.91 Å². The number of aromatic hydroxyl groups is 2. The van der Waals surface area contributed by atoms with Crippen LogP contribution in [0, 0.1) is 11.3 Å². The summed E-state index contributed by atoms with van der Waals surface area (Å²) in [5.74, 6) is -0.224. The van der Waals surface area contributed by atoms with Gasteiger partial charge in [0.25, 0.3) is 0 Å². The third-order valence-electron chi connectivity index (χ3n) is 7.41. The van der Waals surface area contributed by atoms with Crippen LogP contribution in [0.3, 0.4) is 0 Å². The third-order valence-corrected chi connectivity index (χ3v) is 7.41. The van der Waals surface area contributed by atoms with Gasteiger partial charge in [-0.2, -0.15) is 0 Å². The number of nitrogens with one attached hydrogen (secondary N) is 1. The van der Waals surface area contributed by atoms with Gasteiger partial charge >= 0.3 is 0 Å². The lowest BCUT2D eigenvalue weighted by atomic mass is 9.69. The van der Waals surface area contributed by atoms with E-state index in [-0.39, 0.29) is 29.4 Å². The average molecular weight is 485 g/mol. The molecule has 6 heteroatoms. The number of carbonyl (C=O) groups excluding carboxylic acids is 1. The van der Waals surface area contributed by atoms with E-state index in [0.29, 0.717) is 32.4 Å². The predicted molar refractivity (Wildman–Crippen MR) is 142 cm³/mol. The largest absolute Gasteiger partial charge is 0.504 e. The first-order valence-corrected chi connectivity index (χ1v) is 12.7. The maximum atomic E-state index is 13.4. The smallest absolute Gasteiger partial charge is 0.232 e. The van der Waals surface area contributed by atoms with Crippen LogP contribution in [0.25, 0.3) is 0 Å². The third kappa shape index (κ3) is 7.71. The Bertz CT molecular complexity index is 881. The van der Waals surface area contributed by atoms with Crippen molar-refractivity contribution in [2.24, 2.45) is 11.3 Å². The molecule has 0 heterocycles. The van der Waals surface area contributed by atoms with Gasteiger partial charge in [0.1, 0.15) is 0 Å². The van der Waals surface area contributed by atoms with Crippen LogP contribution >= 0.6 is 0 Å². The molecule has 2 rings (SSSR count). The highest BCUT2D eigenvalue weighted by atomic mass is 16.3. The van der Waals surface area contributed by atoms with Gasteiger partial charge in [0, 0.05) is 19.1 Å². The monoisotopic (exact) mass is 484 g/mol. The molecule has 1 aliphatic carbocycles. The van der Waals surface area contributed by atoms with Gasteiger partial charge in [-0.05, 0) is 89.0 Å². The quantitative estimate of drug-likeness (QED) is 0.174. The fraction of sp³-hybridized carbons (Fsp3) is 0.552. The number of phenolic OH excluding ortho intramolecular Hbond substituents is 2. The Kier molecular flexibility index (Phi) is 10.6. The Balaban J connectivity index is 2.22. The predicted octanol–water partition coefficient (Wildman–Crippen LogP) is 4.71. The summed E-state index contributed by atoms with van der Waals surface area (Å²) in [4.78, 5) is 15.4. The molecular formula is C29H44N2O4. The molecule has 3 atom stereocenters. The van der Waals surface area contributed by atoms with Gasteiger partial charge in [0.2, 0.25) is 5.91 Å². The van der Waals surface area contributed by atoms with Crippen LogP contribution in [0.15, 0.2) is 56.2 Å². The Morgan fingerprint density at radius 1 is 1.23 bits per heavy atom. The summed E-state index contributed by atoms with van der Waals surface area (Å²) < 4.78 is 0. The molecule has 1 aromatic carbocycles. The fourth-order valence-electron chi connectivity index (χ4n) is 4.99. The number of hydrogen-bond acceptors (Lipinski definition) is 5. The summed E-state index contributed by atoms with van der Waals surface area (Å²) in [5, 5.41) is 34.6. The zero-order chi connectivity index (χ0) is 26.1. The highest BCUT2D eigenvalue weighted by Crippen LogP contribution is 2.42. The van der Waals surface area contributed by atoms with Gasteiger partial charge in [-0.15, -0.1) is 19.7 Å². The lowest BCUT2D eigenvalue weighted by Gasteiger charge is -2.47. The second-order valence-corrected chi connectivity index (χ2v) is 10.3. The summed E-state index contributed by atoms with van der Waals surface area (Å²) in [7, 11) is 0. The molecule has 194 valence electrons. The molecule has 1 aliphatic rings. The Morgan fingerprint density at radius 2 is 1.97 bits per heavy atom. The molecule has 0 saturated heterocycles. The molecule has 35 heavy (non-hydrogen) atoms. The lowest BCUT2D eigenvalue weighted by molar-refractivity contribution is -0.145. The van der Waals surface area contributed by atoms with Crippen molar-refractivity contribution in [3.63, 3.8) is 0 Å². The van der Waals surface area contributed by atoms with Crippen molar-refractivity contribution in [1.82, 2.24) is 10.2 Å². The number of carbonyl (C=O) groups is 1. The van der Waals surface area contributed by atoms with Gasteiger partial charge in [-0.3, -0.25) is 4.79 Å². The lowest BCUT2D eigenvalue weighted by Crippen LogP contribution is -2.53. The molecule has 0 radical (unpaired) electrons. The first-order chi connectivity index (χ1) is 16.6. The van der Waals surface area contributed by atoms with Gasteiger partial charge < -0.3 is 25.5 Å². The first-order valence-electron chi connectivity index (χ1n) is 12.7. The van der Waals surface area contributed by atoms with E-state index in [0.717, 1.165) is 37.8 Å². The highest BCUT2D eigenvalue weighted by molar-refractivity contribution is 5.84. The van der Waals surface area contributed by atoms with Crippen molar-refractivity contribution in [3.8, 4) is 11.5 Å². The maximum Gasteiger partial charge on any atom is 0.232 e. The second-order valence-electron chi connectivity index (χ2n) is 10.3. The minimum absolute atomic E-state index is 0.00940. The van der Waals surface area contributed by atoms with E-state index in [2.05, 4.69) is 25.1 Å². The van der Waals surface area contributed by atoms with E-state index in [9.17, 15) is 20.1 Å². The summed E-state index contributed by atoms with van der Waals surface area (Å²) >= 11 is 0. The number of amides is 1. The van der Waals surface area contributed by atoms with Crippen molar-refractivity contribution in [2.45, 2.75) is 70.4 Å². The minimum Gasteiger partial charge on any atom is -0.504 e. The fourth-order valence-corrected chi connectivity index (χ4v) is 4.99. The molecule has 0 aliphatic heterocycles. The van der Waals surface area contributed by atoms with Crippen LogP contribution in [0.4, 0.5) is 0 Å². The average Bonchev–Trinajstić information content (AvgIpc) is 2.84. The molecule has 1 saturated carbocycles. The van der Waals surface area contributed by atoms with Crippen LogP contribution in [0.5, 0.6) is 11.5 Å². The molecule has 1 aromatic rings. The molecule has 6 nitrogen and oxygen atoms in total. The zero-order valence-electron chi connectivity index (χ0n) is 21.5. The number of aryl methyl sites for hydroxylation is 1. The normalized spacial score (nSPS) is 22.4. The van der Waals surface area contributed by atoms with Crippen LogP contribution < -0.4 is 5.32 Å². The Hall–Kier alpha value is -2.57. The zero-order valence-corrected chi connectivity index (χ0v) is 21.5. The van der Waals surface area contributed by atoms with Crippen molar-refractivity contribution in [3.05, 3.63) is 61.7 Å². The second kappa shape index (κ2) is 12.9. The number of hydrogen-bond donors (Lipinski definition) is 4. The van der Waals surface area contributed by atoms with Gasteiger partial charge in [-0.1, -0.05) is 24.3 Å². The molecule has 0 bridgehead atoms. The molecule has 4 N–H and O–H groups in total. The van der Waals surface area contributed by atoms with E-state index in [1.807, 2.05) is 30.9 Å².